The summed E-state index contributed by atoms with van der Waals surface area (Å²) in [6.45, 7) is 0.691. The molecule has 1 aromatic rings. The zero-order chi connectivity index (χ0) is 23.9. The first-order valence-corrected chi connectivity index (χ1v) is 11.2. The maximum Gasteiger partial charge on any atom is 0.253 e. The van der Waals surface area contributed by atoms with E-state index in [4.69, 9.17) is 0 Å². The first kappa shape index (κ1) is 27.9. The maximum absolute atomic E-state index is 12.9. The molecule has 13 heteroatoms. The van der Waals surface area contributed by atoms with Gasteiger partial charge in [0.2, 0.25) is 0 Å². The van der Waals surface area contributed by atoms with Crippen LogP contribution in [0.2, 0.25) is 0 Å². The molecule has 0 radical (unpaired) electrons. The molecule has 0 saturated heterocycles. The minimum atomic E-state index is -1.36. The van der Waals surface area contributed by atoms with Gasteiger partial charge in [0.25, 0.3) is 17.7 Å². The van der Waals surface area contributed by atoms with Crippen LogP contribution in [0.25, 0.3) is 0 Å². The molecule has 1 aromatic carbocycles. The number of aliphatic hydroxyl groups is 5. The average molecular weight is 665 g/mol. The van der Waals surface area contributed by atoms with Crippen molar-refractivity contribution in [2.24, 2.45) is 0 Å². The molecule has 0 saturated carbocycles. The minimum Gasteiger partial charge on any atom is -0.394 e. The summed E-state index contributed by atoms with van der Waals surface area (Å²) in [5.41, 5.74) is 0.386. The van der Waals surface area contributed by atoms with Crippen LogP contribution in [0.3, 0.4) is 0 Å². The fraction of sp³-hybridized carbons (Fsp3) is 0.500. The lowest BCUT2D eigenvalue weighted by Gasteiger charge is -2.23. The Bertz CT molecular complexity index is 774. The number of hydrogen-bond donors (Lipinski definition) is 8. The monoisotopic (exact) mass is 665 g/mol. The molecule has 8 N–H and O–H groups in total. The van der Waals surface area contributed by atoms with Gasteiger partial charge in [0.15, 0.2) is 0 Å². The highest BCUT2D eigenvalue weighted by Gasteiger charge is 2.29. The highest BCUT2D eigenvalue weighted by atomic mass is 127. The molecule has 0 aromatic heterocycles. The standard InChI is InChI=1S/C18H25I2N3O8/c1-7-11(17(30)21-9(3-24)4-25)13(19)15(23-16(29)8(2)28)14(20)12(7)18(31)22-10(5-26)6-27/h8-10,24-28H,3-6H2,1-2H3,(H,21,30)(H,22,31)(H,23,29)/t8-/m1/s1. The zero-order valence-electron chi connectivity index (χ0n) is 16.8. The molecular weight excluding hydrogens is 640 g/mol. The highest BCUT2D eigenvalue weighted by Crippen LogP contribution is 2.35. The van der Waals surface area contributed by atoms with Crippen LogP contribution in [0.4, 0.5) is 5.69 Å². The SMILES string of the molecule is Cc1c(C(=O)NC(CO)CO)c(I)c(NC(=O)[C@@H](C)O)c(I)c1C(=O)NC(CO)CO. The summed E-state index contributed by atoms with van der Waals surface area (Å²) >= 11 is 3.63. The second kappa shape index (κ2) is 12.8. The summed E-state index contributed by atoms with van der Waals surface area (Å²) in [4.78, 5) is 37.9. The average Bonchev–Trinajstić information content (AvgIpc) is 2.72. The largest absolute Gasteiger partial charge is 0.394 e. The van der Waals surface area contributed by atoms with Gasteiger partial charge in [-0.25, -0.2) is 0 Å². The second-order valence-corrected chi connectivity index (χ2v) is 8.77. The Morgan fingerprint density at radius 1 is 0.839 bits per heavy atom. The first-order chi connectivity index (χ1) is 14.5. The van der Waals surface area contributed by atoms with Crippen LogP contribution >= 0.6 is 45.2 Å². The number of halogens is 2. The van der Waals surface area contributed by atoms with E-state index in [1.165, 1.54) is 13.8 Å². The van der Waals surface area contributed by atoms with Gasteiger partial charge in [0.1, 0.15) is 6.10 Å². The number of rotatable bonds is 10. The van der Waals surface area contributed by atoms with E-state index in [2.05, 4.69) is 16.0 Å². The fourth-order valence-corrected chi connectivity index (χ4v) is 5.12. The molecule has 0 unspecified atom stereocenters. The van der Waals surface area contributed by atoms with Crippen molar-refractivity contribution in [3.63, 3.8) is 0 Å². The summed E-state index contributed by atoms with van der Waals surface area (Å²) in [6.07, 6.45) is -1.36. The van der Waals surface area contributed by atoms with Gasteiger partial charge in [-0.15, -0.1) is 0 Å². The Hall–Kier alpha value is -1.11. The van der Waals surface area contributed by atoms with Crippen molar-refractivity contribution in [2.75, 3.05) is 31.7 Å². The van der Waals surface area contributed by atoms with Crippen LogP contribution in [0, 0.1) is 14.1 Å². The van der Waals surface area contributed by atoms with Gasteiger partial charge in [0.05, 0.1) is 62.5 Å². The molecule has 3 amide bonds. The van der Waals surface area contributed by atoms with Crippen molar-refractivity contribution in [3.05, 3.63) is 23.8 Å². The molecule has 0 aliphatic heterocycles. The molecule has 1 rings (SSSR count). The Labute approximate surface area is 205 Å². The molecule has 0 fully saturated rings. The van der Waals surface area contributed by atoms with Crippen molar-refractivity contribution < 1.29 is 39.9 Å². The lowest BCUT2D eigenvalue weighted by Crippen LogP contribution is -2.42. The summed E-state index contributed by atoms with van der Waals surface area (Å²) in [6, 6.07) is -1.88. The number of hydrogen-bond acceptors (Lipinski definition) is 8. The van der Waals surface area contributed by atoms with Gasteiger partial charge in [-0.3, -0.25) is 14.4 Å². The summed E-state index contributed by atoms with van der Waals surface area (Å²) in [7, 11) is 0. The number of carbonyl (C=O) groups is 3. The fourth-order valence-electron chi connectivity index (χ4n) is 2.49. The van der Waals surface area contributed by atoms with Gasteiger partial charge < -0.3 is 41.5 Å². The van der Waals surface area contributed by atoms with Crippen molar-refractivity contribution in [2.45, 2.75) is 32.0 Å². The van der Waals surface area contributed by atoms with Crippen LogP contribution in [-0.4, -0.2) is 87.9 Å². The number of anilines is 1. The molecule has 0 aliphatic carbocycles. The zero-order valence-corrected chi connectivity index (χ0v) is 21.1. The summed E-state index contributed by atoms with van der Waals surface area (Å²) < 4.78 is 0.552. The number of benzene rings is 1. The van der Waals surface area contributed by atoms with Gasteiger partial charge >= 0.3 is 0 Å². The lowest BCUT2D eigenvalue weighted by molar-refractivity contribution is -0.123. The van der Waals surface area contributed by atoms with Crippen LogP contribution in [0.1, 0.15) is 33.2 Å². The first-order valence-electron chi connectivity index (χ1n) is 9.09. The third kappa shape index (κ3) is 6.93. The van der Waals surface area contributed by atoms with Gasteiger partial charge in [-0.1, -0.05) is 0 Å². The molecule has 31 heavy (non-hydrogen) atoms. The van der Waals surface area contributed by atoms with Crippen molar-refractivity contribution in [1.82, 2.24) is 10.6 Å². The maximum atomic E-state index is 12.9. The predicted octanol–water partition coefficient (Wildman–Crippen LogP) is -1.31. The number of aliphatic hydroxyl groups excluding tert-OH is 5. The smallest absolute Gasteiger partial charge is 0.253 e. The normalized spacial score (nSPS) is 12.1. The molecule has 1 atom stereocenters. The Kier molecular flexibility index (Phi) is 11.5. The van der Waals surface area contributed by atoms with E-state index < -0.39 is 62.3 Å². The van der Waals surface area contributed by atoms with E-state index in [0.717, 1.165) is 0 Å². The van der Waals surface area contributed by atoms with Crippen molar-refractivity contribution >= 4 is 68.6 Å². The second-order valence-electron chi connectivity index (χ2n) is 6.61. The van der Waals surface area contributed by atoms with Crippen LogP contribution < -0.4 is 16.0 Å². The Balaban J connectivity index is 3.66. The third-order valence-corrected chi connectivity index (χ3v) is 6.42. The highest BCUT2D eigenvalue weighted by molar-refractivity contribution is 14.1. The lowest BCUT2D eigenvalue weighted by atomic mass is 9.98. The van der Waals surface area contributed by atoms with Gasteiger partial charge in [-0.2, -0.15) is 0 Å². The van der Waals surface area contributed by atoms with E-state index in [-0.39, 0.29) is 29.5 Å². The van der Waals surface area contributed by atoms with Crippen LogP contribution in [0.5, 0.6) is 0 Å². The van der Waals surface area contributed by atoms with Crippen molar-refractivity contribution in [1.29, 1.82) is 0 Å². The molecule has 0 aliphatic rings. The topological polar surface area (TPSA) is 188 Å². The number of carbonyl (C=O) groups excluding carboxylic acids is 3. The molecule has 174 valence electrons. The van der Waals surface area contributed by atoms with E-state index in [1.807, 2.05) is 45.2 Å². The van der Waals surface area contributed by atoms with Crippen molar-refractivity contribution in [3.8, 4) is 0 Å². The molecule has 0 spiro atoms. The van der Waals surface area contributed by atoms with Crippen LogP contribution in [-0.2, 0) is 4.79 Å². The molecule has 0 bridgehead atoms. The molecule has 0 heterocycles. The number of nitrogens with one attached hydrogen (secondary N) is 3. The van der Waals surface area contributed by atoms with E-state index in [9.17, 15) is 39.9 Å². The molecular formula is C18H25I2N3O8. The van der Waals surface area contributed by atoms with Crippen LogP contribution in [0.15, 0.2) is 0 Å². The number of amides is 3. The third-order valence-electron chi connectivity index (χ3n) is 4.26. The quantitative estimate of drug-likeness (QED) is 0.142. The summed E-state index contributed by atoms with van der Waals surface area (Å²) in [5.74, 6) is -2.16. The van der Waals surface area contributed by atoms with Gasteiger partial charge in [-0.05, 0) is 64.6 Å². The summed E-state index contributed by atoms with van der Waals surface area (Å²) in [5, 5.41) is 54.0. The Morgan fingerprint density at radius 2 is 1.19 bits per heavy atom. The predicted molar refractivity (Wildman–Crippen MR) is 128 cm³/mol. The van der Waals surface area contributed by atoms with Gasteiger partial charge in [0, 0.05) is 0 Å². The van der Waals surface area contributed by atoms with E-state index in [0.29, 0.717) is 0 Å². The van der Waals surface area contributed by atoms with E-state index >= 15 is 0 Å². The molecule has 11 nitrogen and oxygen atoms in total. The Morgan fingerprint density at radius 3 is 1.48 bits per heavy atom. The van der Waals surface area contributed by atoms with E-state index in [1.54, 1.807) is 0 Å². The minimum absolute atomic E-state index is 0.0171.